The molecule has 0 aliphatic heterocycles. The van der Waals surface area contributed by atoms with Crippen LogP contribution in [-0.4, -0.2) is 30.5 Å². The first kappa shape index (κ1) is 11.4. The molecule has 88 valence electrons. The third-order valence-corrected chi connectivity index (χ3v) is 2.38. The Bertz CT molecular complexity index is 517. The SMILES string of the molecule is CCn1ncnc1CC(=O)c1cnc(C)cn1. The number of hydrogen-bond donors (Lipinski definition) is 0. The Morgan fingerprint density at radius 3 is 2.76 bits per heavy atom. The number of ketones is 1. The molecule has 2 rings (SSSR count). The van der Waals surface area contributed by atoms with E-state index in [9.17, 15) is 4.79 Å². The van der Waals surface area contributed by atoms with Crippen molar-refractivity contribution in [3.63, 3.8) is 0 Å². The fourth-order valence-electron chi connectivity index (χ4n) is 1.46. The number of rotatable bonds is 4. The summed E-state index contributed by atoms with van der Waals surface area (Å²) in [6.07, 6.45) is 4.72. The van der Waals surface area contributed by atoms with Gasteiger partial charge in [-0.05, 0) is 13.8 Å². The van der Waals surface area contributed by atoms with Crippen LogP contribution in [0.1, 0.15) is 28.9 Å². The van der Waals surface area contributed by atoms with Crippen molar-refractivity contribution in [3.8, 4) is 0 Å². The van der Waals surface area contributed by atoms with E-state index in [1.165, 1.54) is 12.5 Å². The zero-order valence-corrected chi connectivity index (χ0v) is 9.79. The predicted octanol–water partition coefficient (Wildman–Crippen LogP) is 0.822. The van der Waals surface area contributed by atoms with Gasteiger partial charge >= 0.3 is 0 Å². The zero-order valence-electron chi connectivity index (χ0n) is 9.79. The first-order valence-electron chi connectivity index (χ1n) is 5.39. The molecule has 0 saturated carbocycles. The number of carbonyl (C=O) groups excluding carboxylic acids is 1. The van der Waals surface area contributed by atoms with E-state index in [0.717, 1.165) is 5.69 Å². The Kier molecular flexibility index (Phi) is 3.22. The van der Waals surface area contributed by atoms with Crippen LogP contribution in [0.15, 0.2) is 18.7 Å². The maximum absolute atomic E-state index is 11.9. The second-order valence-electron chi connectivity index (χ2n) is 3.64. The van der Waals surface area contributed by atoms with Crippen LogP contribution in [0.4, 0.5) is 0 Å². The van der Waals surface area contributed by atoms with E-state index < -0.39 is 0 Å². The molecule has 0 aliphatic rings. The van der Waals surface area contributed by atoms with E-state index in [1.807, 2.05) is 13.8 Å². The standard InChI is InChI=1S/C11H13N5O/c1-3-16-11(14-7-15-16)4-10(17)9-6-12-8(2)5-13-9/h5-7H,3-4H2,1-2H3. The topological polar surface area (TPSA) is 73.6 Å². The van der Waals surface area contributed by atoms with Gasteiger partial charge in [-0.25, -0.2) is 14.6 Å². The van der Waals surface area contributed by atoms with Crippen LogP contribution in [0, 0.1) is 6.92 Å². The Labute approximate surface area is 98.7 Å². The van der Waals surface area contributed by atoms with Crippen LogP contribution in [-0.2, 0) is 13.0 Å². The molecular weight excluding hydrogens is 218 g/mol. The van der Waals surface area contributed by atoms with Gasteiger partial charge in [0.2, 0.25) is 0 Å². The molecule has 0 saturated heterocycles. The van der Waals surface area contributed by atoms with Crippen LogP contribution in [0.25, 0.3) is 0 Å². The highest BCUT2D eigenvalue weighted by Crippen LogP contribution is 2.02. The molecule has 2 aromatic rings. The minimum absolute atomic E-state index is 0.0970. The van der Waals surface area contributed by atoms with Gasteiger partial charge in [0.1, 0.15) is 17.8 Å². The summed E-state index contributed by atoms with van der Waals surface area (Å²) in [4.78, 5) is 24.1. The number of carbonyl (C=O) groups is 1. The molecule has 6 heteroatoms. The summed E-state index contributed by atoms with van der Waals surface area (Å²) in [5.74, 6) is 0.556. The van der Waals surface area contributed by atoms with Crippen LogP contribution in [0.2, 0.25) is 0 Å². The molecule has 0 radical (unpaired) electrons. The van der Waals surface area contributed by atoms with E-state index in [-0.39, 0.29) is 12.2 Å². The van der Waals surface area contributed by atoms with Crippen LogP contribution in [0.5, 0.6) is 0 Å². The molecular formula is C11H13N5O. The van der Waals surface area contributed by atoms with Crippen LogP contribution in [0.3, 0.4) is 0 Å². The first-order valence-corrected chi connectivity index (χ1v) is 5.39. The van der Waals surface area contributed by atoms with Crippen LogP contribution < -0.4 is 0 Å². The molecule has 0 N–H and O–H groups in total. The largest absolute Gasteiger partial charge is 0.292 e. The second-order valence-corrected chi connectivity index (χ2v) is 3.64. The molecule has 0 unspecified atom stereocenters. The molecule has 17 heavy (non-hydrogen) atoms. The molecule has 0 amide bonds. The van der Waals surface area contributed by atoms with E-state index in [4.69, 9.17) is 0 Å². The number of Topliss-reactive ketones (excluding diaryl/α,β-unsaturated/α-hetero) is 1. The van der Waals surface area contributed by atoms with Crippen molar-refractivity contribution in [2.45, 2.75) is 26.8 Å². The van der Waals surface area contributed by atoms with E-state index >= 15 is 0 Å². The number of hydrogen-bond acceptors (Lipinski definition) is 5. The van der Waals surface area contributed by atoms with Crippen molar-refractivity contribution in [2.24, 2.45) is 0 Å². The van der Waals surface area contributed by atoms with Crippen molar-refractivity contribution < 1.29 is 4.79 Å². The van der Waals surface area contributed by atoms with Crippen molar-refractivity contribution in [1.29, 1.82) is 0 Å². The first-order chi connectivity index (χ1) is 8.20. The van der Waals surface area contributed by atoms with Crippen molar-refractivity contribution in [3.05, 3.63) is 35.9 Å². The Morgan fingerprint density at radius 2 is 2.12 bits per heavy atom. The van der Waals surface area contributed by atoms with Gasteiger partial charge in [-0.15, -0.1) is 0 Å². The van der Waals surface area contributed by atoms with Crippen molar-refractivity contribution in [1.82, 2.24) is 24.7 Å². The molecule has 2 aromatic heterocycles. The smallest absolute Gasteiger partial charge is 0.190 e. The Morgan fingerprint density at radius 1 is 1.29 bits per heavy atom. The Balaban J connectivity index is 2.14. The monoisotopic (exact) mass is 231 g/mol. The van der Waals surface area contributed by atoms with E-state index in [1.54, 1.807) is 10.9 Å². The van der Waals surface area contributed by atoms with E-state index in [0.29, 0.717) is 18.1 Å². The van der Waals surface area contributed by atoms with Gasteiger partial charge in [-0.3, -0.25) is 9.78 Å². The second kappa shape index (κ2) is 4.82. The third kappa shape index (κ3) is 2.52. The minimum Gasteiger partial charge on any atom is -0.292 e. The molecule has 0 aromatic carbocycles. The number of nitrogens with zero attached hydrogens (tertiary/aromatic N) is 5. The average molecular weight is 231 g/mol. The van der Waals surface area contributed by atoms with Gasteiger partial charge in [0.05, 0.1) is 18.3 Å². The maximum Gasteiger partial charge on any atom is 0.190 e. The predicted molar refractivity (Wildman–Crippen MR) is 60.5 cm³/mol. The molecule has 0 aliphatic carbocycles. The third-order valence-electron chi connectivity index (χ3n) is 2.38. The quantitative estimate of drug-likeness (QED) is 0.728. The molecule has 0 atom stereocenters. The lowest BCUT2D eigenvalue weighted by Gasteiger charge is -2.02. The summed E-state index contributed by atoms with van der Waals surface area (Å²) in [6, 6.07) is 0. The van der Waals surface area contributed by atoms with E-state index in [2.05, 4.69) is 20.1 Å². The highest BCUT2D eigenvalue weighted by atomic mass is 16.1. The van der Waals surface area contributed by atoms with Gasteiger partial charge in [-0.2, -0.15) is 5.10 Å². The van der Waals surface area contributed by atoms with Crippen molar-refractivity contribution >= 4 is 5.78 Å². The molecule has 0 bridgehead atoms. The summed E-state index contributed by atoms with van der Waals surface area (Å²) >= 11 is 0. The van der Waals surface area contributed by atoms with Crippen molar-refractivity contribution in [2.75, 3.05) is 0 Å². The minimum atomic E-state index is -0.0970. The van der Waals surface area contributed by atoms with Gasteiger partial charge in [-0.1, -0.05) is 0 Å². The summed E-state index contributed by atoms with van der Waals surface area (Å²) in [5.41, 5.74) is 1.15. The Hall–Kier alpha value is -2.11. The lowest BCUT2D eigenvalue weighted by atomic mass is 10.2. The number of aromatic nitrogens is 5. The summed E-state index contributed by atoms with van der Waals surface area (Å²) in [6.45, 7) is 4.48. The fourth-order valence-corrected chi connectivity index (χ4v) is 1.46. The normalized spacial score (nSPS) is 10.5. The van der Waals surface area contributed by atoms with Crippen LogP contribution >= 0.6 is 0 Å². The highest BCUT2D eigenvalue weighted by Gasteiger charge is 2.12. The van der Waals surface area contributed by atoms with Gasteiger partial charge in [0.25, 0.3) is 0 Å². The highest BCUT2D eigenvalue weighted by molar-refractivity contribution is 5.95. The molecule has 6 nitrogen and oxygen atoms in total. The fraction of sp³-hybridized carbons (Fsp3) is 0.364. The number of aryl methyl sites for hydroxylation is 2. The zero-order chi connectivity index (χ0) is 12.3. The lowest BCUT2D eigenvalue weighted by molar-refractivity contribution is 0.0984. The van der Waals surface area contributed by atoms with Gasteiger partial charge in [0, 0.05) is 12.7 Å². The molecule has 2 heterocycles. The lowest BCUT2D eigenvalue weighted by Crippen LogP contribution is -2.12. The molecule has 0 fully saturated rings. The summed E-state index contributed by atoms with van der Waals surface area (Å²) < 4.78 is 1.69. The average Bonchev–Trinajstić information content (AvgIpc) is 2.77. The molecule has 0 spiro atoms. The maximum atomic E-state index is 11.9. The van der Waals surface area contributed by atoms with Gasteiger partial charge in [0.15, 0.2) is 5.78 Å². The summed E-state index contributed by atoms with van der Waals surface area (Å²) in [5, 5.41) is 4.01. The summed E-state index contributed by atoms with van der Waals surface area (Å²) in [7, 11) is 0. The van der Waals surface area contributed by atoms with Gasteiger partial charge < -0.3 is 0 Å².